The maximum absolute atomic E-state index is 5.76. The highest BCUT2D eigenvalue weighted by molar-refractivity contribution is 7.12. The molecule has 2 aromatic rings. The summed E-state index contributed by atoms with van der Waals surface area (Å²) in [6, 6.07) is 4.40. The first-order valence-corrected chi connectivity index (χ1v) is 8.83. The summed E-state index contributed by atoms with van der Waals surface area (Å²) in [6.45, 7) is 5.87. The van der Waals surface area contributed by atoms with Gasteiger partial charge in [-0.15, -0.1) is 11.3 Å². The van der Waals surface area contributed by atoms with Gasteiger partial charge >= 0.3 is 0 Å². The number of ether oxygens (including phenoxy) is 2. The normalized spacial score (nSPS) is 18.1. The van der Waals surface area contributed by atoms with Gasteiger partial charge < -0.3 is 14.0 Å². The van der Waals surface area contributed by atoms with Crippen LogP contribution in [0.25, 0.3) is 0 Å². The van der Waals surface area contributed by atoms with Crippen molar-refractivity contribution in [3.05, 3.63) is 33.6 Å². The van der Waals surface area contributed by atoms with E-state index < -0.39 is 0 Å². The number of hydrogen-bond acceptors (Lipinski definition) is 7. The molecular weight excluding hydrogens is 314 g/mol. The molecule has 6 nitrogen and oxygen atoms in total. The summed E-state index contributed by atoms with van der Waals surface area (Å²) >= 11 is 1.84. The van der Waals surface area contributed by atoms with Crippen LogP contribution in [0.5, 0.6) is 0 Å². The average molecular weight is 337 g/mol. The van der Waals surface area contributed by atoms with Crippen molar-refractivity contribution in [2.75, 3.05) is 20.3 Å². The average Bonchev–Trinajstić information content (AvgIpc) is 3.28. The van der Waals surface area contributed by atoms with E-state index in [4.69, 9.17) is 14.0 Å². The molecule has 0 saturated carbocycles. The molecule has 7 heteroatoms. The van der Waals surface area contributed by atoms with Crippen molar-refractivity contribution < 1.29 is 14.0 Å². The highest BCUT2D eigenvalue weighted by atomic mass is 32.1. The van der Waals surface area contributed by atoms with Crippen LogP contribution in [0, 0.1) is 0 Å². The SMILES string of the molecule is CCN(Cc1nc(COC)no1)Cc1ccc([C@@H]2CCCO2)s1. The van der Waals surface area contributed by atoms with Gasteiger partial charge in [0.15, 0.2) is 5.82 Å². The second-order valence-corrected chi connectivity index (χ2v) is 6.85. The fourth-order valence-corrected chi connectivity index (χ4v) is 3.83. The Kier molecular flexibility index (Phi) is 5.77. The van der Waals surface area contributed by atoms with Crippen molar-refractivity contribution in [3.8, 4) is 0 Å². The molecular formula is C16H23N3O3S. The van der Waals surface area contributed by atoms with E-state index in [0.29, 0.717) is 31.0 Å². The first-order valence-electron chi connectivity index (χ1n) is 8.01. The van der Waals surface area contributed by atoms with Gasteiger partial charge in [0.1, 0.15) is 6.61 Å². The van der Waals surface area contributed by atoms with Gasteiger partial charge in [-0.3, -0.25) is 4.90 Å². The predicted octanol–water partition coefficient (Wildman–Crippen LogP) is 3.15. The van der Waals surface area contributed by atoms with Crippen molar-refractivity contribution >= 4 is 11.3 Å². The Morgan fingerprint density at radius 2 is 2.30 bits per heavy atom. The summed E-state index contributed by atoms with van der Waals surface area (Å²) in [5, 5.41) is 3.91. The minimum Gasteiger partial charge on any atom is -0.377 e. The van der Waals surface area contributed by atoms with E-state index in [9.17, 15) is 0 Å². The first-order chi connectivity index (χ1) is 11.3. The molecule has 3 rings (SSSR count). The maximum Gasteiger partial charge on any atom is 0.240 e. The summed E-state index contributed by atoms with van der Waals surface area (Å²) in [5.41, 5.74) is 0. The minimum absolute atomic E-state index is 0.302. The Balaban J connectivity index is 1.57. The van der Waals surface area contributed by atoms with Crippen molar-refractivity contribution in [1.29, 1.82) is 0 Å². The van der Waals surface area contributed by atoms with Gasteiger partial charge in [0, 0.05) is 30.0 Å². The predicted molar refractivity (Wildman–Crippen MR) is 87.0 cm³/mol. The molecule has 1 fully saturated rings. The van der Waals surface area contributed by atoms with Crippen LogP contribution in [-0.2, 0) is 29.2 Å². The number of aromatic nitrogens is 2. The molecule has 1 atom stereocenters. The molecule has 0 unspecified atom stereocenters. The second-order valence-electron chi connectivity index (χ2n) is 5.65. The Labute approximate surface area is 140 Å². The van der Waals surface area contributed by atoms with Gasteiger partial charge in [-0.2, -0.15) is 4.98 Å². The molecule has 0 aromatic carbocycles. The molecule has 126 valence electrons. The van der Waals surface area contributed by atoms with Crippen molar-refractivity contribution in [2.45, 2.75) is 45.6 Å². The number of methoxy groups -OCH3 is 1. The molecule has 0 spiro atoms. The van der Waals surface area contributed by atoms with E-state index in [1.807, 2.05) is 11.3 Å². The molecule has 3 heterocycles. The van der Waals surface area contributed by atoms with Crippen LogP contribution in [0.15, 0.2) is 16.7 Å². The second kappa shape index (κ2) is 8.01. The van der Waals surface area contributed by atoms with Crippen LogP contribution >= 0.6 is 11.3 Å². The van der Waals surface area contributed by atoms with E-state index in [1.54, 1.807) is 7.11 Å². The zero-order chi connectivity index (χ0) is 16.1. The molecule has 0 bridgehead atoms. The molecule has 0 N–H and O–H groups in total. The van der Waals surface area contributed by atoms with Gasteiger partial charge in [-0.25, -0.2) is 0 Å². The van der Waals surface area contributed by atoms with Crippen LogP contribution in [0.4, 0.5) is 0 Å². The summed E-state index contributed by atoms with van der Waals surface area (Å²) in [5.74, 6) is 1.23. The molecule has 2 aromatic heterocycles. The molecule has 23 heavy (non-hydrogen) atoms. The lowest BCUT2D eigenvalue weighted by molar-refractivity contribution is 0.114. The molecule has 1 aliphatic rings. The molecule has 0 radical (unpaired) electrons. The topological polar surface area (TPSA) is 60.6 Å². The van der Waals surface area contributed by atoms with E-state index in [2.05, 4.69) is 34.1 Å². The number of thiophene rings is 1. The maximum atomic E-state index is 5.76. The summed E-state index contributed by atoms with van der Waals surface area (Å²) < 4.78 is 16.0. The standard InChI is InChI=1S/C16H23N3O3S/c1-3-19(10-16-17-15(11-20-2)18-22-16)9-12-6-7-14(23-12)13-5-4-8-21-13/h6-7,13H,3-5,8-11H2,1-2H3/t13-/m0/s1. The van der Waals surface area contributed by atoms with Crippen molar-refractivity contribution in [2.24, 2.45) is 0 Å². The van der Waals surface area contributed by atoms with Crippen LogP contribution in [-0.4, -0.2) is 35.3 Å². The Morgan fingerprint density at radius 1 is 1.39 bits per heavy atom. The Hall–Kier alpha value is -1.28. The van der Waals surface area contributed by atoms with Crippen LogP contribution < -0.4 is 0 Å². The summed E-state index contributed by atoms with van der Waals surface area (Å²) in [7, 11) is 1.62. The lowest BCUT2D eigenvalue weighted by Crippen LogP contribution is -2.22. The Morgan fingerprint density at radius 3 is 3.04 bits per heavy atom. The fraction of sp³-hybridized carbons (Fsp3) is 0.625. The lowest BCUT2D eigenvalue weighted by Gasteiger charge is -2.17. The van der Waals surface area contributed by atoms with E-state index >= 15 is 0 Å². The van der Waals surface area contributed by atoms with Gasteiger partial charge in [0.25, 0.3) is 0 Å². The Bertz CT molecular complexity index is 607. The number of hydrogen-bond donors (Lipinski definition) is 0. The van der Waals surface area contributed by atoms with E-state index in [-0.39, 0.29) is 0 Å². The van der Waals surface area contributed by atoms with E-state index in [1.165, 1.54) is 16.2 Å². The van der Waals surface area contributed by atoms with Gasteiger partial charge in [0.05, 0.1) is 12.6 Å². The van der Waals surface area contributed by atoms with Crippen LogP contribution in [0.3, 0.4) is 0 Å². The highest BCUT2D eigenvalue weighted by Crippen LogP contribution is 2.33. The number of rotatable bonds is 8. The monoisotopic (exact) mass is 337 g/mol. The fourth-order valence-electron chi connectivity index (χ4n) is 2.69. The molecule has 0 aliphatic carbocycles. The van der Waals surface area contributed by atoms with Gasteiger partial charge in [0.2, 0.25) is 5.89 Å². The summed E-state index contributed by atoms with van der Waals surface area (Å²) in [4.78, 5) is 9.31. The minimum atomic E-state index is 0.302. The zero-order valence-electron chi connectivity index (χ0n) is 13.7. The largest absolute Gasteiger partial charge is 0.377 e. The third kappa shape index (κ3) is 4.38. The van der Waals surface area contributed by atoms with Crippen LogP contribution in [0.1, 0.15) is 47.3 Å². The lowest BCUT2D eigenvalue weighted by atomic mass is 10.2. The highest BCUT2D eigenvalue weighted by Gasteiger charge is 2.20. The third-order valence-corrected chi connectivity index (χ3v) is 5.06. The number of nitrogens with zero attached hydrogens (tertiary/aromatic N) is 3. The smallest absolute Gasteiger partial charge is 0.240 e. The van der Waals surface area contributed by atoms with Gasteiger partial charge in [-0.1, -0.05) is 12.1 Å². The van der Waals surface area contributed by atoms with Crippen molar-refractivity contribution in [1.82, 2.24) is 15.0 Å². The van der Waals surface area contributed by atoms with Crippen molar-refractivity contribution in [3.63, 3.8) is 0 Å². The van der Waals surface area contributed by atoms with Gasteiger partial charge in [-0.05, 0) is 31.5 Å². The molecule has 1 saturated heterocycles. The molecule has 0 amide bonds. The van der Waals surface area contributed by atoms with E-state index in [0.717, 1.165) is 26.1 Å². The summed E-state index contributed by atoms with van der Waals surface area (Å²) in [6.07, 6.45) is 2.61. The third-order valence-electron chi connectivity index (χ3n) is 3.90. The molecule has 1 aliphatic heterocycles. The first kappa shape index (κ1) is 16.6. The zero-order valence-corrected chi connectivity index (χ0v) is 14.5. The van der Waals surface area contributed by atoms with Crippen LogP contribution in [0.2, 0.25) is 0 Å². The quantitative estimate of drug-likeness (QED) is 0.737.